The van der Waals surface area contributed by atoms with Crippen LogP contribution < -0.4 is 5.56 Å². The molecular formula is C21H14BrN3O. The number of benzene rings is 3. The number of para-hydroxylation sites is 3. The van der Waals surface area contributed by atoms with E-state index < -0.39 is 0 Å². The summed E-state index contributed by atoms with van der Waals surface area (Å²) in [5, 5.41) is 0.636. The molecule has 5 aromatic rings. The van der Waals surface area contributed by atoms with Crippen molar-refractivity contribution >= 4 is 43.6 Å². The first kappa shape index (κ1) is 15.3. The SMILES string of the molecule is O=c1c2ccccc2nc2n(Cc3ccc(Br)cc3)c3ccccc3n12. The summed E-state index contributed by atoms with van der Waals surface area (Å²) < 4.78 is 4.87. The van der Waals surface area contributed by atoms with Crippen molar-refractivity contribution in [2.45, 2.75) is 6.54 Å². The summed E-state index contributed by atoms with van der Waals surface area (Å²) in [7, 11) is 0. The molecule has 0 unspecified atom stereocenters. The highest BCUT2D eigenvalue weighted by Gasteiger charge is 2.15. The van der Waals surface area contributed by atoms with Crippen molar-refractivity contribution in [3.63, 3.8) is 0 Å². The van der Waals surface area contributed by atoms with E-state index in [0.717, 1.165) is 26.6 Å². The predicted molar refractivity (Wildman–Crippen MR) is 108 cm³/mol. The Balaban J connectivity index is 1.88. The van der Waals surface area contributed by atoms with Crippen LogP contribution in [0.25, 0.3) is 27.7 Å². The highest BCUT2D eigenvalue weighted by Crippen LogP contribution is 2.22. The van der Waals surface area contributed by atoms with Crippen LogP contribution in [0.2, 0.25) is 0 Å². The topological polar surface area (TPSA) is 39.3 Å². The second-order valence-corrected chi connectivity index (χ2v) is 7.19. The summed E-state index contributed by atoms with van der Waals surface area (Å²) >= 11 is 3.48. The Bertz CT molecular complexity index is 1330. The Kier molecular flexibility index (Phi) is 3.43. The van der Waals surface area contributed by atoms with Gasteiger partial charge in [-0.05, 0) is 42.0 Å². The Morgan fingerprint density at radius 3 is 2.35 bits per heavy atom. The van der Waals surface area contributed by atoms with Gasteiger partial charge in [-0.25, -0.2) is 9.38 Å². The van der Waals surface area contributed by atoms with Gasteiger partial charge in [0, 0.05) is 4.47 Å². The maximum absolute atomic E-state index is 13.1. The van der Waals surface area contributed by atoms with E-state index >= 15 is 0 Å². The second kappa shape index (κ2) is 5.81. The quantitative estimate of drug-likeness (QED) is 0.431. The molecule has 0 N–H and O–H groups in total. The van der Waals surface area contributed by atoms with Crippen molar-refractivity contribution in [2.24, 2.45) is 0 Å². The van der Waals surface area contributed by atoms with Gasteiger partial charge in [0.15, 0.2) is 0 Å². The molecular weight excluding hydrogens is 390 g/mol. The summed E-state index contributed by atoms with van der Waals surface area (Å²) in [5.41, 5.74) is 3.71. The smallest absolute Gasteiger partial charge is 0.267 e. The minimum absolute atomic E-state index is 0.0312. The van der Waals surface area contributed by atoms with Crippen molar-refractivity contribution < 1.29 is 0 Å². The third-order valence-corrected chi connectivity index (χ3v) is 5.20. The van der Waals surface area contributed by atoms with Gasteiger partial charge < -0.3 is 4.57 Å². The molecule has 2 aromatic heterocycles. The lowest BCUT2D eigenvalue weighted by Gasteiger charge is -2.07. The normalized spacial score (nSPS) is 11.6. The Morgan fingerprint density at radius 1 is 0.846 bits per heavy atom. The maximum Gasteiger partial charge on any atom is 0.267 e. The molecule has 126 valence electrons. The molecule has 0 atom stereocenters. The number of imidazole rings is 1. The standard InChI is InChI=1S/C21H14BrN3O/c22-15-11-9-14(10-12-15)13-24-18-7-3-4-8-19(18)25-20(26)16-5-1-2-6-17(16)23-21(24)25/h1-12H,13H2. The van der Waals surface area contributed by atoms with Crippen molar-refractivity contribution in [1.82, 2.24) is 14.0 Å². The summed E-state index contributed by atoms with van der Waals surface area (Å²) in [6.45, 7) is 0.648. The van der Waals surface area contributed by atoms with E-state index in [0.29, 0.717) is 17.7 Å². The van der Waals surface area contributed by atoms with Crippen LogP contribution in [-0.2, 0) is 6.54 Å². The summed E-state index contributed by atoms with van der Waals surface area (Å²) in [6.07, 6.45) is 0. The van der Waals surface area contributed by atoms with Crippen molar-refractivity contribution in [3.8, 4) is 0 Å². The molecule has 0 spiro atoms. The molecule has 5 heteroatoms. The van der Waals surface area contributed by atoms with E-state index in [-0.39, 0.29) is 5.56 Å². The number of nitrogens with zero attached hydrogens (tertiary/aromatic N) is 3. The number of fused-ring (bicyclic) bond motifs is 4. The van der Waals surface area contributed by atoms with Gasteiger partial charge in [-0.3, -0.25) is 4.79 Å². The van der Waals surface area contributed by atoms with Gasteiger partial charge >= 0.3 is 0 Å². The first-order valence-electron chi connectivity index (χ1n) is 8.35. The maximum atomic E-state index is 13.1. The van der Waals surface area contributed by atoms with Gasteiger partial charge in [-0.1, -0.05) is 52.3 Å². The zero-order chi connectivity index (χ0) is 17.7. The number of halogens is 1. The highest BCUT2D eigenvalue weighted by atomic mass is 79.9. The van der Waals surface area contributed by atoms with Crippen molar-refractivity contribution in [3.05, 3.63) is 93.2 Å². The van der Waals surface area contributed by atoms with E-state index in [2.05, 4.69) is 32.6 Å². The average molecular weight is 404 g/mol. The largest absolute Gasteiger partial charge is 0.305 e. The minimum atomic E-state index is -0.0312. The summed E-state index contributed by atoms with van der Waals surface area (Å²) in [6, 6.07) is 23.7. The van der Waals surface area contributed by atoms with Gasteiger partial charge in [-0.2, -0.15) is 0 Å². The molecule has 2 heterocycles. The molecule has 3 aromatic carbocycles. The molecule has 5 rings (SSSR count). The van der Waals surface area contributed by atoms with E-state index in [1.54, 1.807) is 4.40 Å². The Morgan fingerprint density at radius 2 is 1.54 bits per heavy atom. The van der Waals surface area contributed by atoms with Gasteiger partial charge in [0.2, 0.25) is 5.78 Å². The van der Waals surface area contributed by atoms with Gasteiger partial charge in [0.05, 0.1) is 28.5 Å². The van der Waals surface area contributed by atoms with Crippen LogP contribution >= 0.6 is 15.9 Å². The number of aromatic nitrogens is 3. The fourth-order valence-corrected chi connectivity index (χ4v) is 3.70. The first-order valence-corrected chi connectivity index (χ1v) is 9.15. The first-order chi connectivity index (χ1) is 12.7. The average Bonchev–Trinajstić information content (AvgIpc) is 2.98. The number of rotatable bonds is 2. The molecule has 26 heavy (non-hydrogen) atoms. The van der Waals surface area contributed by atoms with Crippen molar-refractivity contribution in [2.75, 3.05) is 0 Å². The Hall–Kier alpha value is -2.92. The van der Waals surface area contributed by atoms with Crippen LogP contribution in [-0.4, -0.2) is 14.0 Å². The summed E-state index contributed by atoms with van der Waals surface area (Å²) in [5.74, 6) is 0.665. The lowest BCUT2D eigenvalue weighted by atomic mass is 10.2. The third-order valence-electron chi connectivity index (χ3n) is 4.67. The van der Waals surface area contributed by atoms with Crippen LogP contribution in [0.15, 0.2) is 82.1 Å². The molecule has 0 saturated heterocycles. The second-order valence-electron chi connectivity index (χ2n) is 6.27. The van der Waals surface area contributed by atoms with E-state index in [1.807, 2.05) is 60.7 Å². The third kappa shape index (κ3) is 2.28. The van der Waals surface area contributed by atoms with Gasteiger partial charge in [0.1, 0.15) is 0 Å². The van der Waals surface area contributed by atoms with Gasteiger partial charge in [0.25, 0.3) is 5.56 Å². The van der Waals surface area contributed by atoms with Gasteiger partial charge in [-0.15, -0.1) is 0 Å². The molecule has 0 aliphatic carbocycles. The monoisotopic (exact) mass is 403 g/mol. The molecule has 4 nitrogen and oxygen atoms in total. The van der Waals surface area contributed by atoms with Crippen LogP contribution in [0, 0.1) is 0 Å². The number of hydrogen-bond acceptors (Lipinski definition) is 2. The molecule has 0 radical (unpaired) electrons. The molecule has 0 aliphatic heterocycles. The molecule has 0 bridgehead atoms. The lowest BCUT2D eigenvalue weighted by Crippen LogP contribution is -2.15. The van der Waals surface area contributed by atoms with E-state index in [9.17, 15) is 4.79 Å². The fraction of sp³-hybridized carbons (Fsp3) is 0.0476. The molecule has 0 fully saturated rings. The van der Waals surface area contributed by atoms with Crippen LogP contribution in [0.4, 0.5) is 0 Å². The summed E-state index contributed by atoms with van der Waals surface area (Å²) in [4.78, 5) is 17.9. The van der Waals surface area contributed by atoms with E-state index in [1.165, 1.54) is 0 Å². The zero-order valence-corrected chi connectivity index (χ0v) is 15.3. The van der Waals surface area contributed by atoms with E-state index in [4.69, 9.17) is 4.98 Å². The number of hydrogen-bond donors (Lipinski definition) is 0. The Labute approximate surface area is 157 Å². The predicted octanol–water partition coefficient (Wildman–Crippen LogP) is 4.61. The minimum Gasteiger partial charge on any atom is -0.305 e. The highest BCUT2D eigenvalue weighted by molar-refractivity contribution is 9.10. The zero-order valence-electron chi connectivity index (χ0n) is 13.8. The molecule has 0 aliphatic rings. The lowest BCUT2D eigenvalue weighted by molar-refractivity contribution is 0.838. The van der Waals surface area contributed by atoms with Crippen LogP contribution in [0.3, 0.4) is 0 Å². The van der Waals surface area contributed by atoms with Crippen LogP contribution in [0.5, 0.6) is 0 Å². The fourth-order valence-electron chi connectivity index (χ4n) is 3.44. The molecule has 0 amide bonds. The van der Waals surface area contributed by atoms with Crippen molar-refractivity contribution in [1.29, 1.82) is 0 Å². The molecule has 0 saturated carbocycles. The van der Waals surface area contributed by atoms with Crippen LogP contribution in [0.1, 0.15) is 5.56 Å².